The van der Waals surface area contributed by atoms with Gasteiger partial charge in [-0.05, 0) is 62.4 Å². The van der Waals surface area contributed by atoms with Gasteiger partial charge in [0.05, 0.1) is 5.56 Å². The molecule has 1 heterocycles. The molecular weight excluding hydrogens is 300 g/mol. The number of pyridine rings is 1. The average Bonchev–Trinajstić information content (AvgIpc) is 2.56. The zero-order chi connectivity index (χ0) is 17.1. The van der Waals surface area contributed by atoms with Crippen LogP contribution in [-0.2, 0) is 0 Å². The van der Waals surface area contributed by atoms with Gasteiger partial charge in [0.2, 0.25) is 5.88 Å². The zero-order valence-electron chi connectivity index (χ0n) is 13.6. The molecule has 2 aromatic carbocycles. The van der Waals surface area contributed by atoms with Crippen LogP contribution in [0.5, 0.6) is 11.6 Å². The average molecular weight is 318 g/mol. The van der Waals surface area contributed by atoms with E-state index in [9.17, 15) is 4.79 Å². The van der Waals surface area contributed by atoms with Crippen LogP contribution in [0.25, 0.3) is 0 Å². The van der Waals surface area contributed by atoms with E-state index in [1.165, 1.54) is 0 Å². The number of nitrogens with two attached hydrogens (primary N) is 1. The van der Waals surface area contributed by atoms with Crippen molar-refractivity contribution in [3.8, 4) is 11.6 Å². The Morgan fingerprint density at radius 1 is 1.00 bits per heavy atom. The van der Waals surface area contributed by atoms with Gasteiger partial charge in [-0.2, -0.15) is 0 Å². The first kappa shape index (κ1) is 15.7. The molecule has 0 saturated carbocycles. The summed E-state index contributed by atoms with van der Waals surface area (Å²) in [6, 6.07) is 16.2. The number of ether oxygens (including phenoxy) is 1. The van der Waals surface area contributed by atoms with Crippen molar-refractivity contribution in [1.82, 2.24) is 4.98 Å². The highest BCUT2D eigenvalue weighted by atomic mass is 16.5. The predicted molar refractivity (Wildman–Crippen MR) is 94.5 cm³/mol. The van der Waals surface area contributed by atoms with Crippen molar-refractivity contribution >= 4 is 11.5 Å². The molecule has 3 aromatic rings. The Bertz CT molecular complexity index is 866. The number of hydrogen-bond acceptors (Lipinski definition) is 4. The van der Waals surface area contributed by atoms with E-state index < -0.39 is 0 Å². The minimum Gasteiger partial charge on any atom is -0.438 e. The molecule has 2 N–H and O–H groups in total. The molecule has 0 unspecified atom stereocenters. The van der Waals surface area contributed by atoms with E-state index in [2.05, 4.69) is 4.98 Å². The Hall–Kier alpha value is -3.14. The van der Waals surface area contributed by atoms with Gasteiger partial charge in [0.25, 0.3) is 0 Å². The molecule has 1 aromatic heterocycles. The van der Waals surface area contributed by atoms with Gasteiger partial charge >= 0.3 is 0 Å². The van der Waals surface area contributed by atoms with E-state index in [1.54, 1.807) is 42.6 Å². The van der Waals surface area contributed by atoms with Gasteiger partial charge in [0, 0.05) is 17.4 Å². The molecule has 0 spiro atoms. The van der Waals surface area contributed by atoms with Crippen molar-refractivity contribution in [2.45, 2.75) is 13.8 Å². The minimum absolute atomic E-state index is 0.111. The molecule has 3 rings (SSSR count). The van der Waals surface area contributed by atoms with Crippen molar-refractivity contribution in [3.05, 3.63) is 83.0 Å². The molecule has 24 heavy (non-hydrogen) atoms. The summed E-state index contributed by atoms with van der Waals surface area (Å²) in [5, 5.41) is 0. The van der Waals surface area contributed by atoms with E-state index in [4.69, 9.17) is 10.5 Å². The SMILES string of the molecule is Cc1cc(C)cc(C(=O)c2cccnc2Oc2ccc(N)cc2)c1. The number of anilines is 1. The molecule has 4 nitrogen and oxygen atoms in total. The van der Waals surface area contributed by atoms with Gasteiger partial charge in [-0.1, -0.05) is 17.2 Å². The van der Waals surface area contributed by atoms with Crippen molar-refractivity contribution in [1.29, 1.82) is 0 Å². The largest absolute Gasteiger partial charge is 0.438 e. The lowest BCUT2D eigenvalue weighted by molar-refractivity contribution is 0.103. The van der Waals surface area contributed by atoms with Crippen molar-refractivity contribution < 1.29 is 9.53 Å². The third kappa shape index (κ3) is 3.43. The lowest BCUT2D eigenvalue weighted by Gasteiger charge is -2.10. The topological polar surface area (TPSA) is 65.2 Å². The summed E-state index contributed by atoms with van der Waals surface area (Å²) in [5.41, 5.74) is 9.47. The second kappa shape index (κ2) is 6.54. The minimum atomic E-state index is -0.111. The Balaban J connectivity index is 1.96. The van der Waals surface area contributed by atoms with E-state index >= 15 is 0 Å². The predicted octanol–water partition coefficient (Wildman–Crippen LogP) is 4.30. The number of carbonyl (C=O) groups excluding carboxylic acids is 1. The number of aromatic nitrogens is 1. The van der Waals surface area contributed by atoms with Gasteiger partial charge in [0.15, 0.2) is 5.78 Å². The molecule has 0 bridgehead atoms. The molecule has 0 atom stereocenters. The summed E-state index contributed by atoms with van der Waals surface area (Å²) in [6.07, 6.45) is 1.60. The summed E-state index contributed by atoms with van der Waals surface area (Å²) >= 11 is 0. The number of rotatable bonds is 4. The lowest BCUT2D eigenvalue weighted by atomic mass is 10.00. The molecule has 0 saturated heterocycles. The third-order valence-corrected chi connectivity index (χ3v) is 3.59. The Labute approximate surface area is 140 Å². The zero-order valence-corrected chi connectivity index (χ0v) is 13.6. The maximum atomic E-state index is 12.9. The van der Waals surface area contributed by atoms with Crippen LogP contribution < -0.4 is 10.5 Å². The van der Waals surface area contributed by atoms with Crippen molar-refractivity contribution in [2.75, 3.05) is 5.73 Å². The highest BCUT2D eigenvalue weighted by Gasteiger charge is 2.16. The summed E-state index contributed by atoms with van der Waals surface area (Å²) in [7, 11) is 0. The summed E-state index contributed by atoms with van der Waals surface area (Å²) in [4.78, 5) is 17.1. The standard InChI is InChI=1S/C20H18N2O2/c1-13-10-14(2)12-15(11-13)19(23)18-4-3-9-22-20(18)24-17-7-5-16(21)6-8-17/h3-12H,21H2,1-2H3. The monoisotopic (exact) mass is 318 g/mol. The van der Waals surface area contributed by atoms with E-state index in [-0.39, 0.29) is 11.7 Å². The normalized spacial score (nSPS) is 10.4. The fraction of sp³-hybridized carbons (Fsp3) is 0.100. The van der Waals surface area contributed by atoms with E-state index in [1.807, 2.05) is 32.0 Å². The Morgan fingerprint density at radius 2 is 1.67 bits per heavy atom. The number of nitrogens with zero attached hydrogens (tertiary/aromatic N) is 1. The number of hydrogen-bond donors (Lipinski definition) is 1. The number of carbonyl (C=O) groups is 1. The maximum absolute atomic E-state index is 12.9. The fourth-order valence-electron chi connectivity index (χ4n) is 2.55. The quantitative estimate of drug-likeness (QED) is 0.575. The van der Waals surface area contributed by atoms with Crippen LogP contribution in [-0.4, -0.2) is 10.8 Å². The van der Waals surface area contributed by atoms with Crippen LogP contribution in [0.3, 0.4) is 0 Å². The maximum Gasteiger partial charge on any atom is 0.230 e. The van der Waals surface area contributed by atoms with Crippen LogP contribution in [0.2, 0.25) is 0 Å². The Kier molecular flexibility index (Phi) is 4.29. The molecule has 120 valence electrons. The molecule has 0 aliphatic rings. The summed E-state index contributed by atoms with van der Waals surface area (Å²) < 4.78 is 5.78. The van der Waals surface area contributed by atoms with Gasteiger partial charge in [-0.15, -0.1) is 0 Å². The highest BCUT2D eigenvalue weighted by molar-refractivity contribution is 6.10. The number of nitrogen functional groups attached to an aromatic ring is 1. The van der Waals surface area contributed by atoms with Crippen molar-refractivity contribution in [3.63, 3.8) is 0 Å². The number of aryl methyl sites for hydroxylation is 2. The first-order chi connectivity index (χ1) is 11.5. The molecule has 4 heteroatoms. The Morgan fingerprint density at radius 3 is 2.33 bits per heavy atom. The van der Waals surface area contributed by atoms with Gasteiger partial charge in [-0.25, -0.2) is 4.98 Å². The third-order valence-electron chi connectivity index (χ3n) is 3.59. The number of benzene rings is 2. The van der Waals surface area contributed by atoms with E-state index in [0.29, 0.717) is 22.6 Å². The van der Waals surface area contributed by atoms with Crippen LogP contribution in [0.4, 0.5) is 5.69 Å². The van der Waals surface area contributed by atoms with Crippen LogP contribution >= 0.6 is 0 Å². The van der Waals surface area contributed by atoms with Gasteiger partial charge < -0.3 is 10.5 Å². The van der Waals surface area contributed by atoms with Gasteiger partial charge in [0.1, 0.15) is 5.75 Å². The molecule has 0 amide bonds. The summed E-state index contributed by atoms with van der Waals surface area (Å²) in [5.74, 6) is 0.754. The summed E-state index contributed by atoms with van der Waals surface area (Å²) in [6.45, 7) is 3.94. The lowest BCUT2D eigenvalue weighted by Crippen LogP contribution is -2.05. The van der Waals surface area contributed by atoms with E-state index in [0.717, 1.165) is 11.1 Å². The first-order valence-electron chi connectivity index (χ1n) is 7.64. The molecule has 0 aliphatic heterocycles. The second-order valence-corrected chi connectivity index (χ2v) is 5.73. The molecular formula is C20H18N2O2. The molecule has 0 radical (unpaired) electrons. The van der Waals surface area contributed by atoms with Crippen LogP contribution in [0.1, 0.15) is 27.0 Å². The molecule has 0 aliphatic carbocycles. The van der Waals surface area contributed by atoms with Crippen LogP contribution in [0.15, 0.2) is 60.8 Å². The van der Waals surface area contributed by atoms with Crippen molar-refractivity contribution in [2.24, 2.45) is 0 Å². The molecule has 0 fully saturated rings. The fourth-order valence-corrected chi connectivity index (χ4v) is 2.55. The van der Waals surface area contributed by atoms with Crippen LogP contribution in [0, 0.1) is 13.8 Å². The number of ketones is 1. The first-order valence-corrected chi connectivity index (χ1v) is 7.64. The highest BCUT2D eigenvalue weighted by Crippen LogP contribution is 2.26. The van der Waals surface area contributed by atoms with Gasteiger partial charge in [-0.3, -0.25) is 4.79 Å². The second-order valence-electron chi connectivity index (χ2n) is 5.73. The smallest absolute Gasteiger partial charge is 0.230 e.